The fourth-order valence-corrected chi connectivity index (χ4v) is 4.17. The highest BCUT2D eigenvalue weighted by atomic mass is 32.2. The molecule has 0 aliphatic carbocycles. The average Bonchev–Trinajstić information content (AvgIpc) is 2.87. The van der Waals surface area contributed by atoms with Gasteiger partial charge in [-0.3, -0.25) is 14.4 Å². The average molecular weight is 497 g/mol. The first-order valence-electron chi connectivity index (χ1n) is 10.5. The lowest BCUT2D eigenvalue weighted by Gasteiger charge is -2.14. The van der Waals surface area contributed by atoms with Crippen molar-refractivity contribution < 1.29 is 32.3 Å². The minimum atomic E-state index is -3.98. The number of sulfonamides is 1. The number of hydrogen-bond acceptors (Lipinski definition) is 7. The number of ketones is 1. The highest BCUT2D eigenvalue weighted by Gasteiger charge is 2.24. The van der Waals surface area contributed by atoms with E-state index < -0.39 is 34.4 Å². The molecule has 3 rings (SSSR count). The number of anilines is 1. The molecule has 1 unspecified atom stereocenters. The normalized spacial score (nSPS) is 11.8. The molecule has 9 nitrogen and oxygen atoms in total. The lowest BCUT2D eigenvalue weighted by Crippen LogP contribution is -2.40. The number of benzene rings is 3. The van der Waals surface area contributed by atoms with Crippen LogP contribution in [0.4, 0.5) is 5.69 Å². The van der Waals surface area contributed by atoms with Crippen LogP contribution in [-0.2, 0) is 19.6 Å². The summed E-state index contributed by atoms with van der Waals surface area (Å²) in [6.45, 7) is 0.751. The molecule has 10 heteroatoms. The third-order valence-corrected chi connectivity index (χ3v) is 6.46. The molecule has 0 heterocycles. The van der Waals surface area contributed by atoms with Crippen LogP contribution in [0, 0.1) is 0 Å². The van der Waals surface area contributed by atoms with E-state index in [2.05, 4.69) is 10.0 Å². The van der Waals surface area contributed by atoms with Crippen molar-refractivity contribution in [2.45, 2.75) is 17.9 Å². The van der Waals surface area contributed by atoms with Crippen molar-refractivity contribution in [2.75, 3.05) is 19.0 Å². The molecular formula is C25H24N2O7S. The molecule has 1 amide bonds. The zero-order valence-corrected chi connectivity index (χ0v) is 19.9. The van der Waals surface area contributed by atoms with E-state index in [0.717, 1.165) is 0 Å². The predicted molar refractivity (Wildman–Crippen MR) is 129 cm³/mol. The summed E-state index contributed by atoms with van der Waals surface area (Å²) < 4.78 is 37.1. The van der Waals surface area contributed by atoms with Gasteiger partial charge in [-0.25, -0.2) is 8.42 Å². The Morgan fingerprint density at radius 3 is 2.09 bits per heavy atom. The van der Waals surface area contributed by atoms with E-state index in [1.165, 1.54) is 50.4 Å². The maximum atomic E-state index is 12.4. The van der Waals surface area contributed by atoms with Gasteiger partial charge in [0.05, 0.1) is 12.0 Å². The number of nitrogens with one attached hydrogen (secondary N) is 2. The Kier molecular flexibility index (Phi) is 8.34. The molecule has 3 aromatic carbocycles. The minimum absolute atomic E-state index is 0.0477. The van der Waals surface area contributed by atoms with Crippen molar-refractivity contribution in [3.8, 4) is 5.75 Å². The van der Waals surface area contributed by atoms with Crippen molar-refractivity contribution in [1.82, 2.24) is 4.72 Å². The molecular weight excluding hydrogens is 472 g/mol. The highest BCUT2D eigenvalue weighted by molar-refractivity contribution is 7.89. The number of amides is 1. The van der Waals surface area contributed by atoms with E-state index in [1.54, 1.807) is 42.5 Å². The molecule has 0 saturated carbocycles. The minimum Gasteiger partial charge on any atom is -0.497 e. The maximum absolute atomic E-state index is 12.4. The second kappa shape index (κ2) is 11.4. The fourth-order valence-electron chi connectivity index (χ4n) is 2.98. The number of ether oxygens (including phenoxy) is 2. The quantitative estimate of drug-likeness (QED) is 0.326. The molecule has 0 aliphatic heterocycles. The van der Waals surface area contributed by atoms with E-state index in [9.17, 15) is 22.8 Å². The summed E-state index contributed by atoms with van der Waals surface area (Å²) >= 11 is 0. The number of methoxy groups -OCH3 is 1. The summed E-state index contributed by atoms with van der Waals surface area (Å²) in [5.41, 5.74) is 1.26. The van der Waals surface area contributed by atoms with Crippen LogP contribution in [0.15, 0.2) is 83.8 Å². The summed E-state index contributed by atoms with van der Waals surface area (Å²) in [6, 6.07) is 19.2. The van der Waals surface area contributed by atoms with Gasteiger partial charge in [0.15, 0.2) is 12.4 Å². The zero-order chi connectivity index (χ0) is 25.4. The van der Waals surface area contributed by atoms with E-state index in [4.69, 9.17) is 9.47 Å². The molecule has 1 atom stereocenters. The molecule has 0 saturated heterocycles. The Bertz CT molecular complexity index is 1290. The fraction of sp³-hybridized carbons (Fsp3) is 0.160. The third kappa shape index (κ3) is 6.98. The van der Waals surface area contributed by atoms with Crippen molar-refractivity contribution in [3.63, 3.8) is 0 Å². The number of esters is 1. The van der Waals surface area contributed by atoms with Crippen LogP contribution < -0.4 is 14.8 Å². The number of rotatable bonds is 10. The summed E-state index contributed by atoms with van der Waals surface area (Å²) in [6.07, 6.45) is 0. The van der Waals surface area contributed by atoms with Gasteiger partial charge in [-0.2, -0.15) is 4.72 Å². The van der Waals surface area contributed by atoms with Gasteiger partial charge in [-0.15, -0.1) is 0 Å². The van der Waals surface area contributed by atoms with E-state index in [0.29, 0.717) is 17.0 Å². The van der Waals surface area contributed by atoms with Gasteiger partial charge < -0.3 is 14.8 Å². The molecule has 35 heavy (non-hydrogen) atoms. The number of hydrogen-bond donors (Lipinski definition) is 2. The monoisotopic (exact) mass is 496 g/mol. The SMILES string of the molecule is COc1ccc(S(=O)(=O)NC(C)C(=O)OCC(=O)c2ccc(NC(=O)c3ccccc3)cc2)cc1. The van der Waals surface area contributed by atoms with Gasteiger partial charge in [0.25, 0.3) is 5.91 Å². The molecule has 0 aliphatic rings. The summed E-state index contributed by atoms with van der Waals surface area (Å²) in [5, 5.41) is 2.72. The maximum Gasteiger partial charge on any atom is 0.324 e. The first-order chi connectivity index (χ1) is 16.7. The molecule has 0 spiro atoms. The van der Waals surface area contributed by atoms with Gasteiger partial charge in [0.2, 0.25) is 10.0 Å². The molecule has 0 radical (unpaired) electrons. The second-order valence-electron chi connectivity index (χ2n) is 7.45. The van der Waals surface area contributed by atoms with Crippen molar-refractivity contribution in [1.29, 1.82) is 0 Å². The van der Waals surface area contributed by atoms with E-state index in [1.807, 2.05) is 0 Å². The van der Waals surface area contributed by atoms with Crippen LogP contribution >= 0.6 is 0 Å². The van der Waals surface area contributed by atoms with Crippen LogP contribution in [0.3, 0.4) is 0 Å². The molecule has 0 fully saturated rings. The van der Waals surface area contributed by atoms with Crippen LogP contribution in [0.5, 0.6) is 5.75 Å². The molecule has 3 aromatic rings. The summed E-state index contributed by atoms with van der Waals surface area (Å²) in [7, 11) is -2.52. The van der Waals surface area contributed by atoms with Crippen LogP contribution in [-0.4, -0.2) is 45.8 Å². The van der Waals surface area contributed by atoms with E-state index >= 15 is 0 Å². The molecule has 0 bridgehead atoms. The van der Waals surface area contributed by atoms with Crippen LogP contribution in [0.25, 0.3) is 0 Å². The first kappa shape index (κ1) is 25.6. The summed E-state index contributed by atoms with van der Waals surface area (Å²) in [5.74, 6) is -1.18. The third-order valence-electron chi connectivity index (χ3n) is 4.90. The smallest absolute Gasteiger partial charge is 0.324 e. The largest absolute Gasteiger partial charge is 0.497 e. The zero-order valence-electron chi connectivity index (χ0n) is 19.1. The highest BCUT2D eigenvalue weighted by Crippen LogP contribution is 2.16. The van der Waals surface area contributed by atoms with Crippen molar-refractivity contribution in [3.05, 3.63) is 90.0 Å². The predicted octanol–water partition coefficient (Wildman–Crippen LogP) is 3.04. The molecule has 2 N–H and O–H groups in total. The number of Topliss-reactive ketones (excluding diaryl/α,β-unsaturated/α-hetero) is 1. The van der Waals surface area contributed by atoms with Gasteiger partial charge in [0.1, 0.15) is 11.8 Å². The molecule has 0 aromatic heterocycles. The van der Waals surface area contributed by atoms with Crippen LogP contribution in [0.1, 0.15) is 27.6 Å². The summed E-state index contributed by atoms with van der Waals surface area (Å²) in [4.78, 5) is 36.8. The Hall–Kier alpha value is -4.02. The number of carbonyl (C=O) groups is 3. The van der Waals surface area contributed by atoms with Gasteiger partial charge in [-0.05, 0) is 67.6 Å². The Morgan fingerprint density at radius 2 is 1.49 bits per heavy atom. The van der Waals surface area contributed by atoms with Crippen LogP contribution in [0.2, 0.25) is 0 Å². The van der Waals surface area contributed by atoms with Gasteiger partial charge >= 0.3 is 5.97 Å². The Balaban J connectivity index is 1.51. The van der Waals surface area contributed by atoms with Crippen molar-refractivity contribution in [2.24, 2.45) is 0 Å². The van der Waals surface area contributed by atoms with Gasteiger partial charge in [0, 0.05) is 16.8 Å². The van der Waals surface area contributed by atoms with Crippen molar-refractivity contribution >= 4 is 33.4 Å². The second-order valence-corrected chi connectivity index (χ2v) is 9.16. The Labute approximate surface area is 203 Å². The topological polar surface area (TPSA) is 128 Å². The lowest BCUT2D eigenvalue weighted by atomic mass is 10.1. The Morgan fingerprint density at radius 1 is 0.857 bits per heavy atom. The van der Waals surface area contributed by atoms with Gasteiger partial charge in [-0.1, -0.05) is 18.2 Å². The standard InChI is InChI=1S/C25H24N2O7S/c1-17(27-35(31,32)22-14-12-21(33-2)13-15-22)25(30)34-16-23(28)18-8-10-20(11-9-18)26-24(29)19-6-4-3-5-7-19/h3-15,17,27H,16H2,1-2H3,(H,26,29). The lowest BCUT2D eigenvalue weighted by molar-refractivity contribution is -0.144. The molecule has 182 valence electrons. The first-order valence-corrected chi connectivity index (χ1v) is 12.0. The number of carbonyl (C=O) groups excluding carboxylic acids is 3. The van der Waals surface area contributed by atoms with E-state index in [-0.39, 0.29) is 16.4 Å².